The van der Waals surface area contributed by atoms with E-state index in [1.54, 1.807) is 19.1 Å². The van der Waals surface area contributed by atoms with E-state index in [1.165, 1.54) is 0 Å². The number of rotatable bonds is 7. The zero-order valence-corrected chi connectivity index (χ0v) is 14.9. The predicted octanol–water partition coefficient (Wildman–Crippen LogP) is 4.13. The van der Waals surface area contributed by atoms with Gasteiger partial charge in [-0.2, -0.15) is 0 Å². The van der Waals surface area contributed by atoms with Crippen molar-refractivity contribution in [2.75, 3.05) is 6.61 Å². The number of nitrogens with one attached hydrogen (secondary N) is 1. The van der Waals surface area contributed by atoms with E-state index in [0.29, 0.717) is 23.9 Å². The molecule has 0 aliphatic heterocycles. The van der Waals surface area contributed by atoms with Gasteiger partial charge in [-0.05, 0) is 62.2 Å². The largest absolute Gasteiger partial charge is 0.494 e. The summed E-state index contributed by atoms with van der Waals surface area (Å²) in [5.41, 5.74) is 1.91. The number of benzene rings is 2. The van der Waals surface area contributed by atoms with E-state index in [2.05, 4.69) is 5.32 Å². The predicted molar refractivity (Wildman–Crippen MR) is 95.7 cm³/mol. The second kappa shape index (κ2) is 8.60. The number of carbonyl (C=O) groups is 1. The number of halogens is 1. The first-order valence-corrected chi connectivity index (χ1v) is 8.29. The Morgan fingerprint density at radius 3 is 2.46 bits per heavy atom. The van der Waals surface area contributed by atoms with Crippen molar-refractivity contribution in [3.8, 4) is 11.5 Å². The van der Waals surface area contributed by atoms with E-state index in [9.17, 15) is 4.79 Å². The number of ether oxygens (including phenoxy) is 2. The molecule has 5 heteroatoms. The summed E-state index contributed by atoms with van der Waals surface area (Å²) < 4.78 is 11.1. The van der Waals surface area contributed by atoms with Gasteiger partial charge in [0.2, 0.25) is 0 Å². The maximum Gasteiger partial charge on any atom is 0.261 e. The van der Waals surface area contributed by atoms with Gasteiger partial charge in [0.15, 0.2) is 6.10 Å². The average Bonchev–Trinajstić information content (AvgIpc) is 2.57. The molecule has 0 aliphatic carbocycles. The Hall–Kier alpha value is -2.20. The molecule has 1 N–H and O–H groups in total. The van der Waals surface area contributed by atoms with E-state index in [4.69, 9.17) is 21.1 Å². The average molecular weight is 348 g/mol. The van der Waals surface area contributed by atoms with Gasteiger partial charge in [-0.1, -0.05) is 23.7 Å². The molecule has 1 atom stereocenters. The smallest absolute Gasteiger partial charge is 0.261 e. The zero-order chi connectivity index (χ0) is 17.5. The molecule has 2 aromatic carbocycles. The summed E-state index contributed by atoms with van der Waals surface area (Å²) in [5, 5.41) is 3.54. The van der Waals surface area contributed by atoms with E-state index in [1.807, 2.05) is 44.2 Å². The molecule has 0 heterocycles. The third-order valence-corrected chi connectivity index (χ3v) is 3.94. The molecule has 4 nitrogen and oxygen atoms in total. The van der Waals surface area contributed by atoms with Gasteiger partial charge >= 0.3 is 0 Å². The van der Waals surface area contributed by atoms with Crippen LogP contribution in [0.4, 0.5) is 0 Å². The Morgan fingerprint density at radius 2 is 1.83 bits per heavy atom. The molecule has 128 valence electrons. The molecule has 0 bridgehead atoms. The summed E-state index contributed by atoms with van der Waals surface area (Å²) >= 11 is 5.98. The highest BCUT2D eigenvalue weighted by molar-refractivity contribution is 6.31. The fraction of sp³-hybridized carbons (Fsp3) is 0.316. The summed E-state index contributed by atoms with van der Waals surface area (Å²) in [5.74, 6) is 1.28. The van der Waals surface area contributed by atoms with E-state index in [-0.39, 0.29) is 5.91 Å². The van der Waals surface area contributed by atoms with Crippen LogP contribution in [0.25, 0.3) is 0 Å². The molecule has 24 heavy (non-hydrogen) atoms. The van der Waals surface area contributed by atoms with Crippen molar-refractivity contribution in [2.45, 2.75) is 33.4 Å². The normalized spacial score (nSPS) is 11.7. The molecule has 1 amide bonds. The third kappa shape index (κ3) is 5.17. The maximum absolute atomic E-state index is 12.2. The molecule has 2 aromatic rings. The fourth-order valence-corrected chi connectivity index (χ4v) is 2.27. The monoisotopic (exact) mass is 347 g/mol. The van der Waals surface area contributed by atoms with Crippen LogP contribution in [0.15, 0.2) is 42.5 Å². The van der Waals surface area contributed by atoms with Crippen LogP contribution in [-0.2, 0) is 11.3 Å². The molecule has 0 fully saturated rings. The molecule has 0 saturated carbocycles. The van der Waals surface area contributed by atoms with Gasteiger partial charge in [-0.25, -0.2) is 0 Å². The lowest BCUT2D eigenvalue weighted by molar-refractivity contribution is -0.127. The van der Waals surface area contributed by atoms with Gasteiger partial charge < -0.3 is 14.8 Å². The van der Waals surface area contributed by atoms with Gasteiger partial charge in [0.1, 0.15) is 11.5 Å². The standard InChI is InChI=1S/C19H22ClNO3/c1-4-23-16-7-5-15(6-8-16)12-21-19(22)14(3)24-17-9-10-18(20)13(2)11-17/h5-11,14H,4,12H2,1-3H3,(H,21,22)/t14-/m0/s1. The summed E-state index contributed by atoms with van der Waals surface area (Å²) in [6.07, 6.45) is -0.590. The summed E-state index contributed by atoms with van der Waals surface area (Å²) in [7, 11) is 0. The van der Waals surface area contributed by atoms with Crippen molar-refractivity contribution < 1.29 is 14.3 Å². The van der Waals surface area contributed by atoms with E-state index < -0.39 is 6.10 Å². The lowest BCUT2D eigenvalue weighted by Crippen LogP contribution is -2.35. The second-order valence-electron chi connectivity index (χ2n) is 5.47. The molecule has 0 aliphatic rings. The van der Waals surface area contributed by atoms with Gasteiger partial charge in [-0.3, -0.25) is 4.79 Å². The molecule has 0 saturated heterocycles. The maximum atomic E-state index is 12.2. The number of aryl methyl sites for hydroxylation is 1. The van der Waals surface area contributed by atoms with Gasteiger partial charge in [0, 0.05) is 11.6 Å². The summed E-state index contributed by atoms with van der Waals surface area (Å²) in [6, 6.07) is 13.0. The van der Waals surface area contributed by atoms with Crippen LogP contribution in [0, 0.1) is 6.92 Å². The van der Waals surface area contributed by atoms with Crippen molar-refractivity contribution in [3.63, 3.8) is 0 Å². The second-order valence-corrected chi connectivity index (χ2v) is 5.87. The topological polar surface area (TPSA) is 47.6 Å². The number of hydrogen-bond donors (Lipinski definition) is 1. The Kier molecular flexibility index (Phi) is 6.50. The fourth-order valence-electron chi connectivity index (χ4n) is 2.15. The molecular weight excluding hydrogens is 326 g/mol. The summed E-state index contributed by atoms with van der Waals surface area (Å²) in [4.78, 5) is 12.2. The minimum atomic E-state index is -0.590. The highest BCUT2D eigenvalue weighted by atomic mass is 35.5. The first-order chi connectivity index (χ1) is 11.5. The molecule has 2 rings (SSSR count). The SMILES string of the molecule is CCOc1ccc(CNC(=O)[C@H](C)Oc2ccc(Cl)c(C)c2)cc1. The van der Waals surface area contributed by atoms with Crippen LogP contribution >= 0.6 is 11.6 Å². The highest BCUT2D eigenvalue weighted by Gasteiger charge is 2.14. The number of hydrogen-bond acceptors (Lipinski definition) is 3. The van der Waals surface area contributed by atoms with Crippen LogP contribution in [-0.4, -0.2) is 18.6 Å². The molecule has 0 radical (unpaired) electrons. The van der Waals surface area contributed by atoms with Crippen molar-refractivity contribution >= 4 is 17.5 Å². The Bertz CT molecular complexity index is 686. The van der Waals surface area contributed by atoms with Crippen molar-refractivity contribution in [2.24, 2.45) is 0 Å². The van der Waals surface area contributed by atoms with E-state index in [0.717, 1.165) is 16.9 Å². The first-order valence-electron chi connectivity index (χ1n) is 7.92. The number of amides is 1. The zero-order valence-electron chi connectivity index (χ0n) is 14.1. The Balaban J connectivity index is 1.85. The van der Waals surface area contributed by atoms with E-state index >= 15 is 0 Å². The quantitative estimate of drug-likeness (QED) is 0.819. The Morgan fingerprint density at radius 1 is 1.17 bits per heavy atom. The van der Waals surface area contributed by atoms with Crippen molar-refractivity contribution in [1.82, 2.24) is 5.32 Å². The van der Waals surface area contributed by atoms with Crippen LogP contribution in [0.1, 0.15) is 25.0 Å². The number of carbonyl (C=O) groups excluding carboxylic acids is 1. The Labute approximate surface area is 147 Å². The third-order valence-electron chi connectivity index (χ3n) is 3.51. The van der Waals surface area contributed by atoms with Crippen LogP contribution < -0.4 is 14.8 Å². The van der Waals surface area contributed by atoms with Gasteiger partial charge in [0.05, 0.1) is 6.61 Å². The molecule has 0 unspecified atom stereocenters. The van der Waals surface area contributed by atoms with Gasteiger partial charge in [-0.15, -0.1) is 0 Å². The minimum Gasteiger partial charge on any atom is -0.494 e. The molecular formula is C19H22ClNO3. The lowest BCUT2D eigenvalue weighted by Gasteiger charge is -2.15. The molecule has 0 spiro atoms. The van der Waals surface area contributed by atoms with Crippen molar-refractivity contribution in [3.05, 3.63) is 58.6 Å². The van der Waals surface area contributed by atoms with Crippen molar-refractivity contribution in [1.29, 1.82) is 0 Å². The van der Waals surface area contributed by atoms with Gasteiger partial charge in [0.25, 0.3) is 5.91 Å². The minimum absolute atomic E-state index is 0.170. The van der Waals surface area contributed by atoms with Crippen LogP contribution in [0.2, 0.25) is 5.02 Å². The molecule has 0 aromatic heterocycles. The highest BCUT2D eigenvalue weighted by Crippen LogP contribution is 2.22. The van der Waals surface area contributed by atoms with Crippen LogP contribution in [0.3, 0.4) is 0 Å². The summed E-state index contributed by atoms with van der Waals surface area (Å²) in [6.45, 7) is 6.63. The lowest BCUT2D eigenvalue weighted by atomic mass is 10.2. The first kappa shape index (κ1) is 18.1. The van der Waals surface area contributed by atoms with Crippen LogP contribution in [0.5, 0.6) is 11.5 Å².